The molecule has 0 radical (unpaired) electrons. The van der Waals surface area contributed by atoms with Gasteiger partial charge in [-0.05, 0) is 24.6 Å². The summed E-state index contributed by atoms with van der Waals surface area (Å²) >= 11 is 0. The lowest BCUT2D eigenvalue weighted by atomic mass is 9.77. The average Bonchev–Trinajstić information content (AvgIpc) is 3.22. The van der Waals surface area contributed by atoms with Gasteiger partial charge in [0.25, 0.3) is 0 Å². The van der Waals surface area contributed by atoms with Gasteiger partial charge in [-0.2, -0.15) is 0 Å². The molecule has 1 aromatic carbocycles. The van der Waals surface area contributed by atoms with E-state index in [0.717, 1.165) is 11.3 Å². The molecule has 6 heteroatoms. The van der Waals surface area contributed by atoms with Crippen molar-refractivity contribution in [2.24, 2.45) is 11.8 Å². The average molecular weight is 329 g/mol. The fourth-order valence-corrected chi connectivity index (χ4v) is 4.20. The lowest BCUT2D eigenvalue weighted by Gasteiger charge is -2.27. The van der Waals surface area contributed by atoms with Crippen LogP contribution in [0.2, 0.25) is 0 Å². The molecule has 1 spiro atoms. The lowest BCUT2D eigenvalue weighted by molar-refractivity contribution is -0.148. The summed E-state index contributed by atoms with van der Waals surface area (Å²) in [6.45, 7) is 2.34. The SMILES string of the molecule is COc1ccc([C@H](C)N2C[C@]34C=C[C@H](O3)[C@H](C(=O)O)[C@@H]4C2=O)cc1. The molecule has 126 valence electrons. The molecule has 1 aromatic rings. The van der Waals surface area contributed by atoms with Gasteiger partial charge in [-0.1, -0.05) is 24.3 Å². The number of fused-ring (bicyclic) bond motifs is 1. The van der Waals surface area contributed by atoms with E-state index in [2.05, 4.69) is 0 Å². The Labute approximate surface area is 139 Å². The minimum Gasteiger partial charge on any atom is -0.497 e. The first kappa shape index (κ1) is 15.2. The van der Waals surface area contributed by atoms with Crippen LogP contribution in [-0.4, -0.2) is 47.2 Å². The van der Waals surface area contributed by atoms with E-state index >= 15 is 0 Å². The van der Waals surface area contributed by atoms with Crippen LogP contribution in [0.3, 0.4) is 0 Å². The van der Waals surface area contributed by atoms with Crippen molar-refractivity contribution in [1.29, 1.82) is 0 Å². The Kier molecular flexibility index (Phi) is 3.22. The number of carboxylic acids is 1. The molecule has 2 fully saturated rings. The number of amides is 1. The lowest BCUT2D eigenvalue weighted by Crippen LogP contribution is -2.39. The molecule has 3 aliphatic heterocycles. The molecule has 1 amide bonds. The smallest absolute Gasteiger partial charge is 0.310 e. The first-order valence-electron chi connectivity index (χ1n) is 8.01. The summed E-state index contributed by atoms with van der Waals surface area (Å²) in [4.78, 5) is 26.3. The van der Waals surface area contributed by atoms with Crippen molar-refractivity contribution in [2.75, 3.05) is 13.7 Å². The number of hydrogen-bond acceptors (Lipinski definition) is 4. The monoisotopic (exact) mass is 329 g/mol. The molecule has 2 bridgehead atoms. The van der Waals surface area contributed by atoms with E-state index in [-0.39, 0.29) is 11.9 Å². The van der Waals surface area contributed by atoms with Gasteiger partial charge in [-0.15, -0.1) is 0 Å². The third kappa shape index (κ3) is 1.92. The van der Waals surface area contributed by atoms with Gasteiger partial charge in [-0.3, -0.25) is 9.59 Å². The molecule has 3 aliphatic rings. The van der Waals surface area contributed by atoms with Gasteiger partial charge in [0.2, 0.25) is 5.91 Å². The van der Waals surface area contributed by atoms with Crippen molar-refractivity contribution < 1.29 is 24.2 Å². The van der Waals surface area contributed by atoms with Crippen LogP contribution in [0.15, 0.2) is 36.4 Å². The van der Waals surface area contributed by atoms with Crippen LogP contribution in [-0.2, 0) is 14.3 Å². The van der Waals surface area contributed by atoms with Crippen molar-refractivity contribution in [1.82, 2.24) is 4.90 Å². The number of hydrogen-bond donors (Lipinski definition) is 1. The predicted molar refractivity (Wildman–Crippen MR) is 84.5 cm³/mol. The molecule has 0 aliphatic carbocycles. The second kappa shape index (κ2) is 5.08. The summed E-state index contributed by atoms with van der Waals surface area (Å²) in [5, 5.41) is 9.50. The van der Waals surface area contributed by atoms with Crippen molar-refractivity contribution in [2.45, 2.75) is 24.7 Å². The van der Waals surface area contributed by atoms with Crippen LogP contribution in [0.1, 0.15) is 18.5 Å². The van der Waals surface area contributed by atoms with Gasteiger partial charge >= 0.3 is 5.97 Å². The summed E-state index contributed by atoms with van der Waals surface area (Å²) in [6.07, 6.45) is 3.17. The molecule has 3 heterocycles. The highest BCUT2D eigenvalue weighted by molar-refractivity contribution is 5.91. The van der Waals surface area contributed by atoms with Crippen molar-refractivity contribution in [3.63, 3.8) is 0 Å². The Morgan fingerprint density at radius 1 is 1.42 bits per heavy atom. The van der Waals surface area contributed by atoms with E-state index in [1.807, 2.05) is 37.3 Å². The number of aliphatic carboxylic acids is 1. The Hall–Kier alpha value is -2.34. The number of methoxy groups -OCH3 is 1. The molecular weight excluding hydrogens is 310 g/mol. The highest BCUT2D eigenvalue weighted by Crippen LogP contribution is 2.53. The molecule has 1 N–H and O–H groups in total. The summed E-state index contributed by atoms with van der Waals surface area (Å²) in [6, 6.07) is 7.39. The first-order chi connectivity index (χ1) is 11.5. The van der Waals surface area contributed by atoms with E-state index < -0.39 is 29.5 Å². The Morgan fingerprint density at radius 2 is 2.12 bits per heavy atom. The minimum absolute atomic E-state index is 0.141. The standard InChI is InChI=1S/C18H19NO5/c1-10(11-3-5-12(23-2)6-4-11)19-9-18-8-7-13(24-18)14(17(21)22)15(18)16(19)20/h3-8,10,13-15H,9H2,1-2H3,(H,21,22)/t10-,13-,14-,15+,18-/m0/s1. The van der Waals surface area contributed by atoms with Gasteiger partial charge in [0.15, 0.2) is 0 Å². The fraction of sp³-hybridized carbons (Fsp3) is 0.444. The Morgan fingerprint density at radius 3 is 2.75 bits per heavy atom. The van der Waals surface area contributed by atoms with E-state index in [4.69, 9.17) is 9.47 Å². The van der Waals surface area contributed by atoms with Gasteiger partial charge in [0.1, 0.15) is 17.3 Å². The molecule has 2 saturated heterocycles. The first-order valence-corrected chi connectivity index (χ1v) is 8.01. The molecule has 0 aromatic heterocycles. The van der Waals surface area contributed by atoms with Crippen LogP contribution in [0.4, 0.5) is 0 Å². The van der Waals surface area contributed by atoms with Gasteiger partial charge in [0, 0.05) is 0 Å². The third-order valence-corrected chi connectivity index (χ3v) is 5.48. The second-order valence-electron chi connectivity index (χ2n) is 6.65. The zero-order valence-electron chi connectivity index (χ0n) is 13.5. The fourth-order valence-electron chi connectivity index (χ4n) is 4.20. The summed E-state index contributed by atoms with van der Waals surface area (Å²) in [5.41, 5.74) is 0.192. The van der Waals surface area contributed by atoms with Crippen LogP contribution in [0.5, 0.6) is 5.75 Å². The van der Waals surface area contributed by atoms with E-state index in [1.54, 1.807) is 18.1 Å². The molecule has 6 nitrogen and oxygen atoms in total. The number of likely N-dealkylation sites (tertiary alicyclic amines) is 1. The Balaban J connectivity index is 1.63. The van der Waals surface area contributed by atoms with E-state index in [1.165, 1.54) is 0 Å². The zero-order valence-corrected chi connectivity index (χ0v) is 13.5. The number of nitrogens with zero attached hydrogens (tertiary/aromatic N) is 1. The predicted octanol–water partition coefficient (Wildman–Crippen LogP) is 1.62. The maximum atomic E-state index is 12.9. The molecule has 0 saturated carbocycles. The topological polar surface area (TPSA) is 76.1 Å². The molecule has 5 atom stereocenters. The largest absolute Gasteiger partial charge is 0.497 e. The normalized spacial score (nSPS) is 34.5. The van der Waals surface area contributed by atoms with Crippen LogP contribution < -0.4 is 4.74 Å². The molecule has 4 rings (SSSR count). The minimum atomic E-state index is -0.969. The van der Waals surface area contributed by atoms with Gasteiger partial charge in [0.05, 0.1) is 31.7 Å². The highest BCUT2D eigenvalue weighted by atomic mass is 16.5. The van der Waals surface area contributed by atoms with Crippen LogP contribution >= 0.6 is 0 Å². The van der Waals surface area contributed by atoms with Crippen LogP contribution in [0.25, 0.3) is 0 Å². The second-order valence-corrected chi connectivity index (χ2v) is 6.65. The number of carbonyl (C=O) groups excluding carboxylic acids is 1. The van der Waals surface area contributed by atoms with Gasteiger partial charge in [-0.25, -0.2) is 0 Å². The number of rotatable bonds is 4. The van der Waals surface area contributed by atoms with E-state index in [9.17, 15) is 14.7 Å². The van der Waals surface area contributed by atoms with Crippen molar-refractivity contribution >= 4 is 11.9 Å². The summed E-state index contributed by atoms with van der Waals surface area (Å²) < 4.78 is 11.1. The molecular formula is C18H19NO5. The maximum Gasteiger partial charge on any atom is 0.310 e. The highest BCUT2D eigenvalue weighted by Gasteiger charge is 2.67. The van der Waals surface area contributed by atoms with Crippen molar-refractivity contribution in [3.8, 4) is 5.75 Å². The third-order valence-electron chi connectivity index (χ3n) is 5.48. The number of carboxylic acid groups (broad SMARTS) is 1. The van der Waals surface area contributed by atoms with E-state index in [0.29, 0.717) is 6.54 Å². The quantitative estimate of drug-likeness (QED) is 0.850. The molecule has 24 heavy (non-hydrogen) atoms. The van der Waals surface area contributed by atoms with Crippen molar-refractivity contribution in [3.05, 3.63) is 42.0 Å². The number of benzene rings is 1. The summed E-state index contributed by atoms with van der Waals surface area (Å²) in [7, 11) is 1.61. The number of carbonyl (C=O) groups is 2. The number of ether oxygens (including phenoxy) is 2. The maximum absolute atomic E-state index is 12.9. The summed E-state index contributed by atoms with van der Waals surface area (Å²) in [5.74, 6) is -1.78. The van der Waals surface area contributed by atoms with Gasteiger partial charge < -0.3 is 19.5 Å². The molecule has 0 unspecified atom stereocenters. The van der Waals surface area contributed by atoms with Crippen LogP contribution in [0, 0.1) is 11.8 Å². The Bertz CT molecular complexity index is 727. The zero-order chi connectivity index (χ0) is 17.1.